The van der Waals surface area contributed by atoms with Crippen LogP contribution in [0.1, 0.15) is 32.3 Å². The Labute approximate surface area is 157 Å². The lowest BCUT2D eigenvalue weighted by molar-refractivity contribution is 0.0389. The molecule has 26 heavy (non-hydrogen) atoms. The zero-order valence-electron chi connectivity index (χ0n) is 16.2. The van der Waals surface area contributed by atoms with Gasteiger partial charge >= 0.3 is 0 Å². The van der Waals surface area contributed by atoms with Crippen LogP contribution in [0.3, 0.4) is 0 Å². The zero-order chi connectivity index (χ0) is 18.5. The topological polar surface area (TPSA) is 71.0 Å². The number of morpholine rings is 1. The summed E-state index contributed by atoms with van der Waals surface area (Å²) in [6.45, 7) is 11.8. The van der Waals surface area contributed by atoms with E-state index in [9.17, 15) is 0 Å². The molecule has 2 heterocycles. The van der Waals surface area contributed by atoms with E-state index in [1.165, 1.54) is 0 Å². The lowest BCUT2D eigenvalue weighted by Gasteiger charge is -2.26. The number of rotatable bonds is 10. The number of pyridine rings is 1. The molecule has 0 saturated carbocycles. The fourth-order valence-electron chi connectivity index (χ4n) is 2.65. The minimum Gasteiger partial charge on any atom is -0.477 e. The molecule has 0 atom stereocenters. The third-order valence-electron chi connectivity index (χ3n) is 4.16. The van der Waals surface area contributed by atoms with Gasteiger partial charge in [-0.1, -0.05) is 19.4 Å². The predicted octanol–water partition coefficient (Wildman–Crippen LogP) is 1.65. The van der Waals surface area contributed by atoms with Crippen LogP contribution >= 0.6 is 0 Å². The number of ether oxygens (including phenoxy) is 2. The van der Waals surface area contributed by atoms with Crippen LogP contribution in [0.4, 0.5) is 0 Å². The zero-order valence-corrected chi connectivity index (χ0v) is 16.2. The Morgan fingerprint density at radius 2 is 2.15 bits per heavy atom. The van der Waals surface area contributed by atoms with E-state index < -0.39 is 0 Å². The monoisotopic (exact) mass is 363 g/mol. The quantitative estimate of drug-likeness (QED) is 0.374. The summed E-state index contributed by atoms with van der Waals surface area (Å²) in [5.41, 5.74) is 1.01. The Hall–Kier alpha value is -1.86. The third-order valence-corrected chi connectivity index (χ3v) is 4.16. The largest absolute Gasteiger partial charge is 0.477 e. The van der Waals surface area contributed by atoms with Gasteiger partial charge in [0.05, 0.1) is 26.4 Å². The van der Waals surface area contributed by atoms with Gasteiger partial charge in [0.1, 0.15) is 0 Å². The molecule has 7 heteroatoms. The number of aliphatic imine (C=N–C) groups is 1. The molecular weight excluding hydrogens is 330 g/mol. The maximum absolute atomic E-state index is 5.79. The van der Waals surface area contributed by atoms with Crippen LogP contribution in [0.25, 0.3) is 0 Å². The van der Waals surface area contributed by atoms with Crippen LogP contribution in [-0.4, -0.2) is 68.4 Å². The fourth-order valence-corrected chi connectivity index (χ4v) is 2.65. The van der Waals surface area contributed by atoms with Crippen molar-refractivity contribution in [1.82, 2.24) is 20.5 Å². The van der Waals surface area contributed by atoms with Gasteiger partial charge in [-0.2, -0.15) is 0 Å². The van der Waals surface area contributed by atoms with Crippen LogP contribution < -0.4 is 15.4 Å². The molecule has 1 saturated heterocycles. The van der Waals surface area contributed by atoms with Crippen molar-refractivity contribution in [3.05, 3.63) is 23.9 Å². The number of hydrogen-bond donors (Lipinski definition) is 2. The number of nitrogens with one attached hydrogen (secondary N) is 2. The summed E-state index contributed by atoms with van der Waals surface area (Å²) in [4.78, 5) is 11.4. The molecule has 0 amide bonds. The van der Waals surface area contributed by atoms with Crippen molar-refractivity contribution in [2.24, 2.45) is 4.99 Å². The second-order valence-electron chi connectivity index (χ2n) is 6.25. The Morgan fingerprint density at radius 1 is 1.31 bits per heavy atom. The molecule has 0 spiro atoms. The second kappa shape index (κ2) is 12.5. The number of nitrogens with zero attached hydrogens (tertiary/aromatic N) is 3. The standard InChI is InChI=1S/C19H33N5O2/c1-3-5-13-26-18-17(7-6-8-21-18)16-23-19(20-4-2)22-9-10-24-11-14-25-15-12-24/h6-8H,3-5,9-16H2,1-2H3,(H2,20,22,23). The molecule has 0 aromatic carbocycles. The van der Waals surface area contributed by atoms with Gasteiger partial charge in [-0.3, -0.25) is 4.90 Å². The van der Waals surface area contributed by atoms with Crippen LogP contribution in [0.5, 0.6) is 5.88 Å². The normalized spacial score (nSPS) is 15.7. The number of aromatic nitrogens is 1. The van der Waals surface area contributed by atoms with Gasteiger partial charge in [0, 0.05) is 44.5 Å². The van der Waals surface area contributed by atoms with Crippen LogP contribution in [-0.2, 0) is 11.3 Å². The van der Waals surface area contributed by atoms with E-state index in [0.29, 0.717) is 19.0 Å². The van der Waals surface area contributed by atoms with E-state index in [1.807, 2.05) is 12.1 Å². The van der Waals surface area contributed by atoms with Gasteiger partial charge in [0.25, 0.3) is 0 Å². The molecule has 1 aliphatic rings. The number of hydrogen-bond acceptors (Lipinski definition) is 5. The van der Waals surface area contributed by atoms with Crippen molar-refractivity contribution in [3.63, 3.8) is 0 Å². The highest BCUT2D eigenvalue weighted by molar-refractivity contribution is 5.79. The summed E-state index contributed by atoms with van der Waals surface area (Å²) in [6, 6.07) is 3.95. The average molecular weight is 364 g/mol. The molecule has 0 unspecified atom stereocenters. The van der Waals surface area contributed by atoms with E-state index in [4.69, 9.17) is 9.47 Å². The minimum absolute atomic E-state index is 0.544. The highest BCUT2D eigenvalue weighted by Gasteiger charge is 2.10. The molecule has 0 bridgehead atoms. The molecule has 1 aromatic rings. The van der Waals surface area contributed by atoms with Crippen molar-refractivity contribution in [1.29, 1.82) is 0 Å². The van der Waals surface area contributed by atoms with Gasteiger partial charge in [-0.15, -0.1) is 0 Å². The predicted molar refractivity (Wildman–Crippen MR) is 105 cm³/mol. The van der Waals surface area contributed by atoms with Crippen LogP contribution in [0.2, 0.25) is 0 Å². The van der Waals surface area contributed by atoms with Gasteiger partial charge in [0.2, 0.25) is 5.88 Å². The Morgan fingerprint density at radius 3 is 2.92 bits per heavy atom. The molecular formula is C19H33N5O2. The summed E-state index contributed by atoms with van der Waals surface area (Å²) < 4.78 is 11.2. The van der Waals surface area contributed by atoms with Crippen molar-refractivity contribution in [2.45, 2.75) is 33.2 Å². The smallest absolute Gasteiger partial charge is 0.218 e. The Balaban J connectivity index is 1.85. The van der Waals surface area contributed by atoms with E-state index in [1.54, 1.807) is 6.20 Å². The van der Waals surface area contributed by atoms with E-state index in [2.05, 4.69) is 39.4 Å². The second-order valence-corrected chi connectivity index (χ2v) is 6.25. The molecule has 2 N–H and O–H groups in total. The lowest BCUT2D eigenvalue weighted by atomic mass is 10.2. The van der Waals surface area contributed by atoms with Crippen molar-refractivity contribution in [2.75, 3.05) is 52.5 Å². The summed E-state index contributed by atoms with van der Waals surface area (Å²) in [5, 5.41) is 6.70. The minimum atomic E-state index is 0.544. The first-order chi connectivity index (χ1) is 12.8. The van der Waals surface area contributed by atoms with Gasteiger partial charge in [0.15, 0.2) is 5.96 Å². The molecule has 0 aliphatic carbocycles. The lowest BCUT2D eigenvalue weighted by Crippen LogP contribution is -2.44. The Bertz CT molecular complexity index is 532. The molecule has 0 radical (unpaired) electrons. The highest BCUT2D eigenvalue weighted by atomic mass is 16.5. The molecule has 146 valence electrons. The van der Waals surface area contributed by atoms with Crippen molar-refractivity contribution < 1.29 is 9.47 Å². The first-order valence-corrected chi connectivity index (χ1v) is 9.72. The summed E-state index contributed by atoms with van der Waals surface area (Å²) in [6.07, 6.45) is 3.91. The van der Waals surface area contributed by atoms with Gasteiger partial charge in [-0.05, 0) is 19.4 Å². The molecule has 1 aromatic heterocycles. The summed E-state index contributed by atoms with van der Waals surface area (Å²) in [5.74, 6) is 1.51. The van der Waals surface area contributed by atoms with Gasteiger partial charge in [-0.25, -0.2) is 9.98 Å². The molecule has 2 rings (SSSR count). The Kier molecular flexibility index (Phi) is 9.82. The van der Waals surface area contributed by atoms with Crippen molar-refractivity contribution in [3.8, 4) is 5.88 Å². The first kappa shape index (κ1) is 20.5. The van der Waals surface area contributed by atoms with Crippen LogP contribution in [0.15, 0.2) is 23.3 Å². The van der Waals surface area contributed by atoms with E-state index >= 15 is 0 Å². The highest BCUT2D eigenvalue weighted by Crippen LogP contribution is 2.15. The maximum Gasteiger partial charge on any atom is 0.218 e. The number of unbranched alkanes of at least 4 members (excludes halogenated alkanes) is 1. The molecule has 7 nitrogen and oxygen atoms in total. The number of guanidine groups is 1. The SMILES string of the molecule is CCCCOc1ncccc1CN=C(NCC)NCCN1CCOCC1. The molecule has 1 aliphatic heterocycles. The van der Waals surface area contributed by atoms with Gasteiger partial charge < -0.3 is 20.1 Å². The summed E-state index contributed by atoms with van der Waals surface area (Å²) >= 11 is 0. The maximum atomic E-state index is 5.79. The van der Waals surface area contributed by atoms with Crippen molar-refractivity contribution >= 4 is 5.96 Å². The third kappa shape index (κ3) is 7.58. The average Bonchev–Trinajstić information content (AvgIpc) is 2.68. The van der Waals surface area contributed by atoms with E-state index in [0.717, 1.165) is 70.3 Å². The van der Waals surface area contributed by atoms with Crippen LogP contribution in [0, 0.1) is 0 Å². The first-order valence-electron chi connectivity index (χ1n) is 9.72. The van der Waals surface area contributed by atoms with E-state index in [-0.39, 0.29) is 0 Å². The fraction of sp³-hybridized carbons (Fsp3) is 0.684. The summed E-state index contributed by atoms with van der Waals surface area (Å²) in [7, 11) is 0. The molecule has 1 fully saturated rings.